The van der Waals surface area contributed by atoms with Gasteiger partial charge in [0.25, 0.3) is 6.47 Å². The molecule has 28 heavy (non-hydrogen) atoms. The molecule has 0 aliphatic heterocycles. The molecule has 0 saturated heterocycles. The van der Waals surface area contributed by atoms with E-state index in [1.807, 2.05) is 0 Å². The van der Waals surface area contributed by atoms with E-state index in [-0.39, 0.29) is 24.0 Å². The van der Waals surface area contributed by atoms with Crippen LogP contribution in [0.2, 0.25) is 0 Å². The Kier molecular flexibility index (Phi) is 5.79. The fourth-order valence-electron chi connectivity index (χ4n) is 3.25. The lowest BCUT2D eigenvalue weighted by Gasteiger charge is -2.19. The highest BCUT2D eigenvalue weighted by molar-refractivity contribution is 6.45. The first kappa shape index (κ1) is 19.2. The standard InChI is InChI=1S/C22H18O6/c1-14-17(27-13-23)12-18(28-22(26)16-10-6-3-7-11-16)19(14)21(25)20(24)15-8-4-2-5-9-15/h2-11,13,17-19H,1,12H2/t17-,18+,19-/m1/s1. The molecular weight excluding hydrogens is 360 g/mol. The predicted molar refractivity (Wildman–Crippen MR) is 99.6 cm³/mol. The maximum absolute atomic E-state index is 12.9. The van der Waals surface area contributed by atoms with Crippen LogP contribution in [-0.2, 0) is 19.1 Å². The molecule has 0 radical (unpaired) electrons. The number of esters is 1. The molecule has 0 spiro atoms. The van der Waals surface area contributed by atoms with Crippen molar-refractivity contribution in [3.63, 3.8) is 0 Å². The smallest absolute Gasteiger partial charge is 0.338 e. The van der Waals surface area contributed by atoms with Crippen molar-refractivity contribution in [1.82, 2.24) is 0 Å². The molecule has 1 aliphatic rings. The average Bonchev–Trinajstić information content (AvgIpc) is 3.03. The Labute approximate surface area is 161 Å². The second-order valence-corrected chi connectivity index (χ2v) is 6.38. The van der Waals surface area contributed by atoms with Crippen molar-refractivity contribution in [1.29, 1.82) is 0 Å². The fourth-order valence-corrected chi connectivity index (χ4v) is 3.25. The van der Waals surface area contributed by atoms with Crippen LogP contribution in [-0.4, -0.2) is 36.2 Å². The Balaban J connectivity index is 1.85. The number of hydrogen-bond donors (Lipinski definition) is 0. The number of ether oxygens (including phenoxy) is 2. The van der Waals surface area contributed by atoms with Crippen LogP contribution < -0.4 is 0 Å². The summed E-state index contributed by atoms with van der Waals surface area (Å²) >= 11 is 0. The Morgan fingerprint density at radius 1 is 0.929 bits per heavy atom. The molecule has 2 aromatic rings. The zero-order valence-electron chi connectivity index (χ0n) is 14.9. The van der Waals surface area contributed by atoms with Gasteiger partial charge in [0.05, 0.1) is 11.5 Å². The van der Waals surface area contributed by atoms with Crippen LogP contribution in [0.3, 0.4) is 0 Å². The summed E-state index contributed by atoms with van der Waals surface area (Å²) in [6.45, 7) is 4.06. The highest BCUT2D eigenvalue weighted by atomic mass is 16.6. The van der Waals surface area contributed by atoms with Gasteiger partial charge in [-0.3, -0.25) is 14.4 Å². The quantitative estimate of drug-likeness (QED) is 0.242. The number of carbonyl (C=O) groups is 4. The summed E-state index contributed by atoms with van der Waals surface area (Å²) in [7, 11) is 0. The van der Waals surface area contributed by atoms with Gasteiger partial charge in [-0.25, -0.2) is 4.79 Å². The van der Waals surface area contributed by atoms with E-state index in [9.17, 15) is 19.2 Å². The van der Waals surface area contributed by atoms with Gasteiger partial charge in [0, 0.05) is 12.0 Å². The lowest BCUT2D eigenvalue weighted by molar-refractivity contribution is -0.132. The van der Waals surface area contributed by atoms with Crippen LogP contribution >= 0.6 is 0 Å². The molecule has 2 aromatic carbocycles. The third-order valence-electron chi connectivity index (χ3n) is 4.66. The summed E-state index contributed by atoms with van der Waals surface area (Å²) in [5.41, 5.74) is 0.786. The average molecular weight is 378 g/mol. The van der Waals surface area contributed by atoms with E-state index in [1.54, 1.807) is 48.5 Å². The Morgan fingerprint density at radius 2 is 1.50 bits per heavy atom. The van der Waals surface area contributed by atoms with Gasteiger partial charge in [0.1, 0.15) is 12.2 Å². The Bertz CT molecular complexity index is 903. The van der Waals surface area contributed by atoms with Gasteiger partial charge in [-0.1, -0.05) is 55.1 Å². The number of hydrogen-bond acceptors (Lipinski definition) is 6. The van der Waals surface area contributed by atoms with Crippen LogP contribution in [0.25, 0.3) is 0 Å². The largest absolute Gasteiger partial charge is 0.460 e. The molecule has 1 fully saturated rings. The molecule has 0 heterocycles. The van der Waals surface area contributed by atoms with Crippen molar-refractivity contribution in [3.8, 4) is 0 Å². The number of ketones is 2. The van der Waals surface area contributed by atoms with Crippen molar-refractivity contribution < 1.29 is 28.7 Å². The third kappa shape index (κ3) is 3.91. The summed E-state index contributed by atoms with van der Waals surface area (Å²) in [6.07, 6.45) is -1.69. The molecule has 6 heteroatoms. The van der Waals surface area contributed by atoms with E-state index in [2.05, 4.69) is 6.58 Å². The van der Waals surface area contributed by atoms with Crippen molar-refractivity contribution >= 4 is 24.0 Å². The van der Waals surface area contributed by atoms with Crippen LogP contribution in [0.1, 0.15) is 27.1 Å². The first-order valence-electron chi connectivity index (χ1n) is 8.70. The molecule has 0 aromatic heterocycles. The van der Waals surface area contributed by atoms with E-state index in [1.165, 1.54) is 12.1 Å². The van der Waals surface area contributed by atoms with Crippen molar-refractivity contribution in [2.45, 2.75) is 18.6 Å². The van der Waals surface area contributed by atoms with Crippen molar-refractivity contribution in [3.05, 3.63) is 83.9 Å². The molecule has 142 valence electrons. The Hall–Kier alpha value is -3.54. The Morgan fingerprint density at radius 3 is 2.07 bits per heavy atom. The number of Topliss-reactive ketones (excluding diaryl/α,β-unsaturated/α-hetero) is 2. The van der Waals surface area contributed by atoms with Crippen LogP contribution in [0.5, 0.6) is 0 Å². The van der Waals surface area contributed by atoms with Crippen LogP contribution in [0.4, 0.5) is 0 Å². The molecular formula is C22H18O6. The number of carbonyl (C=O) groups excluding carboxylic acids is 4. The fraction of sp³-hybridized carbons (Fsp3) is 0.182. The van der Waals surface area contributed by atoms with E-state index in [4.69, 9.17) is 9.47 Å². The van der Waals surface area contributed by atoms with E-state index < -0.39 is 35.7 Å². The second kappa shape index (κ2) is 8.43. The van der Waals surface area contributed by atoms with Gasteiger partial charge < -0.3 is 9.47 Å². The monoisotopic (exact) mass is 378 g/mol. The maximum atomic E-state index is 12.9. The van der Waals surface area contributed by atoms with Gasteiger partial charge in [-0.05, 0) is 17.7 Å². The number of rotatable bonds is 7. The van der Waals surface area contributed by atoms with Crippen LogP contribution in [0.15, 0.2) is 72.8 Å². The normalized spacial score (nSPS) is 21.0. The minimum absolute atomic E-state index is 0.0641. The van der Waals surface area contributed by atoms with Crippen LogP contribution in [0, 0.1) is 5.92 Å². The van der Waals surface area contributed by atoms with Gasteiger partial charge in [-0.2, -0.15) is 0 Å². The molecule has 0 bridgehead atoms. The topological polar surface area (TPSA) is 86.7 Å². The summed E-state index contributed by atoms with van der Waals surface area (Å²) in [5, 5.41) is 0. The summed E-state index contributed by atoms with van der Waals surface area (Å²) in [4.78, 5) is 48.7. The zero-order chi connectivity index (χ0) is 20.1. The van der Waals surface area contributed by atoms with Gasteiger partial charge >= 0.3 is 5.97 Å². The molecule has 3 atom stereocenters. The molecule has 0 unspecified atom stereocenters. The molecule has 6 nitrogen and oxygen atoms in total. The van der Waals surface area contributed by atoms with Gasteiger partial charge in [-0.15, -0.1) is 0 Å². The molecule has 0 N–H and O–H groups in total. The first-order chi connectivity index (χ1) is 13.5. The highest BCUT2D eigenvalue weighted by Gasteiger charge is 2.47. The van der Waals surface area contributed by atoms with Crippen molar-refractivity contribution in [2.24, 2.45) is 5.92 Å². The second-order valence-electron chi connectivity index (χ2n) is 6.38. The molecule has 1 aliphatic carbocycles. The van der Waals surface area contributed by atoms with E-state index in [0.29, 0.717) is 5.56 Å². The molecule has 3 rings (SSSR count). The predicted octanol–water partition coefficient (Wildman–Crippen LogP) is 2.78. The lowest BCUT2D eigenvalue weighted by atomic mass is 9.91. The minimum Gasteiger partial charge on any atom is -0.460 e. The highest BCUT2D eigenvalue weighted by Crippen LogP contribution is 2.36. The first-order valence-corrected chi connectivity index (χ1v) is 8.70. The zero-order valence-corrected chi connectivity index (χ0v) is 14.9. The summed E-state index contributed by atoms with van der Waals surface area (Å²) < 4.78 is 10.5. The van der Waals surface area contributed by atoms with E-state index >= 15 is 0 Å². The van der Waals surface area contributed by atoms with Gasteiger partial charge in [0.15, 0.2) is 0 Å². The van der Waals surface area contributed by atoms with Gasteiger partial charge in [0.2, 0.25) is 11.6 Å². The maximum Gasteiger partial charge on any atom is 0.338 e. The summed E-state index contributed by atoms with van der Waals surface area (Å²) in [6, 6.07) is 16.4. The number of benzene rings is 2. The van der Waals surface area contributed by atoms with Crippen molar-refractivity contribution in [2.75, 3.05) is 0 Å². The molecule has 1 saturated carbocycles. The lowest BCUT2D eigenvalue weighted by Crippen LogP contribution is -2.33. The molecule has 0 amide bonds. The SMILES string of the molecule is C=C1[C@@H](C(=O)C(=O)c2ccccc2)[C@@H](OC(=O)c2ccccc2)C[C@H]1OC=O. The summed E-state index contributed by atoms with van der Waals surface area (Å²) in [5.74, 6) is -3.17. The third-order valence-corrected chi connectivity index (χ3v) is 4.66. The minimum atomic E-state index is -1.08. The van der Waals surface area contributed by atoms with E-state index in [0.717, 1.165) is 0 Å².